The van der Waals surface area contributed by atoms with Crippen LogP contribution in [0.4, 0.5) is 0 Å². The van der Waals surface area contributed by atoms with E-state index in [1.54, 1.807) is 38.1 Å². The number of hydrogen-bond acceptors (Lipinski definition) is 8. The third-order valence-corrected chi connectivity index (χ3v) is 5.05. The van der Waals surface area contributed by atoms with Gasteiger partial charge in [0.25, 0.3) is 5.79 Å². The second kappa shape index (κ2) is 7.78. The minimum Gasteiger partial charge on any atom is -0.460 e. The summed E-state index contributed by atoms with van der Waals surface area (Å²) in [5.74, 6) is -2.66. The molecule has 1 saturated carbocycles. The lowest BCUT2D eigenvalue weighted by Gasteiger charge is -2.32. The molecule has 8 heteroatoms. The van der Waals surface area contributed by atoms with Crippen LogP contribution in [-0.2, 0) is 23.8 Å². The Balaban J connectivity index is 1.57. The second-order valence-corrected chi connectivity index (χ2v) is 7.21. The SMILES string of the molecule is CCOC(=O)c1oc(C)nc1-c1ccc(C=C2C(=O)OC3(CCCC3)OC2=O)cc1. The summed E-state index contributed by atoms with van der Waals surface area (Å²) in [6, 6.07) is 6.82. The van der Waals surface area contributed by atoms with Gasteiger partial charge in [-0.1, -0.05) is 24.3 Å². The van der Waals surface area contributed by atoms with E-state index in [0.29, 0.717) is 35.6 Å². The van der Waals surface area contributed by atoms with E-state index in [4.69, 9.17) is 18.6 Å². The van der Waals surface area contributed by atoms with Crippen molar-refractivity contribution < 1.29 is 33.0 Å². The summed E-state index contributed by atoms with van der Waals surface area (Å²) in [5, 5.41) is 0. The number of carbonyl (C=O) groups is 3. The summed E-state index contributed by atoms with van der Waals surface area (Å²) in [6.07, 6.45) is 4.21. The quantitative estimate of drug-likeness (QED) is 0.427. The molecule has 0 unspecified atom stereocenters. The van der Waals surface area contributed by atoms with Gasteiger partial charge in [0.15, 0.2) is 5.89 Å². The van der Waals surface area contributed by atoms with E-state index >= 15 is 0 Å². The Morgan fingerprint density at radius 1 is 1.13 bits per heavy atom. The molecular weight excluding hydrogens is 390 g/mol. The molecule has 1 aromatic heterocycles. The van der Waals surface area contributed by atoms with Gasteiger partial charge in [0.1, 0.15) is 11.3 Å². The molecule has 4 rings (SSSR count). The molecule has 8 nitrogen and oxygen atoms in total. The molecule has 0 N–H and O–H groups in total. The first kappa shape index (κ1) is 19.9. The van der Waals surface area contributed by atoms with Crippen LogP contribution in [0.5, 0.6) is 0 Å². The molecular formula is C22H21NO7. The van der Waals surface area contributed by atoms with Crippen LogP contribution in [0.15, 0.2) is 34.3 Å². The Morgan fingerprint density at radius 2 is 1.77 bits per heavy atom. The predicted octanol–water partition coefficient (Wildman–Crippen LogP) is 3.58. The first-order valence-corrected chi connectivity index (χ1v) is 9.84. The zero-order valence-electron chi connectivity index (χ0n) is 16.7. The van der Waals surface area contributed by atoms with E-state index in [1.807, 2.05) is 0 Å². The van der Waals surface area contributed by atoms with E-state index in [-0.39, 0.29) is 17.9 Å². The minimum atomic E-state index is -1.09. The number of oxazole rings is 1. The fraction of sp³-hybridized carbons (Fsp3) is 0.364. The highest BCUT2D eigenvalue weighted by Gasteiger charge is 2.47. The van der Waals surface area contributed by atoms with Crippen LogP contribution in [0.25, 0.3) is 17.3 Å². The van der Waals surface area contributed by atoms with Gasteiger partial charge in [0.2, 0.25) is 5.76 Å². The Kier molecular flexibility index (Phi) is 5.15. The number of aryl methyl sites for hydroxylation is 1. The van der Waals surface area contributed by atoms with Crippen molar-refractivity contribution in [1.82, 2.24) is 4.98 Å². The lowest BCUT2D eigenvalue weighted by atomic mass is 10.0. The number of benzene rings is 1. The van der Waals surface area contributed by atoms with Crippen molar-refractivity contribution in [2.24, 2.45) is 0 Å². The van der Waals surface area contributed by atoms with Crippen LogP contribution in [0, 0.1) is 6.92 Å². The molecule has 0 bridgehead atoms. The monoisotopic (exact) mass is 411 g/mol. The lowest BCUT2D eigenvalue weighted by molar-refractivity contribution is -0.232. The van der Waals surface area contributed by atoms with Crippen molar-refractivity contribution in [3.63, 3.8) is 0 Å². The highest BCUT2D eigenvalue weighted by atomic mass is 16.7. The van der Waals surface area contributed by atoms with E-state index in [0.717, 1.165) is 12.8 Å². The van der Waals surface area contributed by atoms with Gasteiger partial charge in [-0.2, -0.15) is 0 Å². The maximum absolute atomic E-state index is 12.4. The Morgan fingerprint density at radius 3 is 2.37 bits per heavy atom. The summed E-state index contributed by atoms with van der Waals surface area (Å²) in [4.78, 5) is 41.1. The first-order chi connectivity index (χ1) is 14.4. The molecule has 1 saturated heterocycles. The van der Waals surface area contributed by atoms with Crippen molar-refractivity contribution in [3.8, 4) is 11.3 Å². The Bertz CT molecular complexity index is 1000. The Hall–Kier alpha value is -3.42. The number of esters is 3. The lowest BCUT2D eigenvalue weighted by Crippen LogP contribution is -2.44. The van der Waals surface area contributed by atoms with Gasteiger partial charge in [-0.25, -0.2) is 19.4 Å². The van der Waals surface area contributed by atoms with Gasteiger partial charge in [-0.05, 0) is 31.4 Å². The molecule has 0 atom stereocenters. The fourth-order valence-corrected chi connectivity index (χ4v) is 3.65. The molecule has 2 aromatic rings. The molecule has 2 fully saturated rings. The van der Waals surface area contributed by atoms with E-state index in [9.17, 15) is 14.4 Å². The third kappa shape index (κ3) is 3.72. The standard InChI is InChI=1S/C22H21NO7/c1-3-27-21(26)18-17(23-13(2)28-18)15-8-6-14(7-9-15)12-16-19(24)29-22(30-20(16)25)10-4-5-11-22/h6-9,12H,3-5,10-11H2,1-2H3. The molecule has 2 aliphatic rings. The van der Waals surface area contributed by atoms with Crippen LogP contribution in [0.1, 0.15) is 54.6 Å². The molecule has 1 aliphatic heterocycles. The maximum Gasteiger partial charge on any atom is 0.376 e. The van der Waals surface area contributed by atoms with Crippen LogP contribution >= 0.6 is 0 Å². The van der Waals surface area contributed by atoms with Crippen LogP contribution in [-0.4, -0.2) is 35.3 Å². The number of ether oxygens (including phenoxy) is 3. The normalized spacial score (nSPS) is 17.6. The number of carbonyl (C=O) groups excluding carboxylic acids is 3. The molecule has 2 heterocycles. The average Bonchev–Trinajstić information content (AvgIpc) is 3.32. The maximum atomic E-state index is 12.4. The van der Waals surface area contributed by atoms with Crippen molar-refractivity contribution in [1.29, 1.82) is 0 Å². The topological polar surface area (TPSA) is 105 Å². The smallest absolute Gasteiger partial charge is 0.376 e. The molecule has 1 aliphatic carbocycles. The van der Waals surface area contributed by atoms with Gasteiger partial charge in [-0.15, -0.1) is 0 Å². The zero-order chi connectivity index (χ0) is 21.3. The molecule has 156 valence electrons. The number of aromatic nitrogens is 1. The summed E-state index contributed by atoms with van der Waals surface area (Å²) in [5.41, 5.74) is 1.45. The van der Waals surface area contributed by atoms with Gasteiger partial charge in [0.05, 0.1) is 6.61 Å². The molecule has 1 spiro atoms. The number of nitrogens with zero attached hydrogens (tertiary/aromatic N) is 1. The van der Waals surface area contributed by atoms with Crippen LogP contribution in [0.3, 0.4) is 0 Å². The summed E-state index contributed by atoms with van der Waals surface area (Å²) >= 11 is 0. The average molecular weight is 411 g/mol. The number of hydrogen-bond donors (Lipinski definition) is 0. The van der Waals surface area contributed by atoms with E-state index in [1.165, 1.54) is 6.08 Å². The van der Waals surface area contributed by atoms with Crippen LogP contribution < -0.4 is 0 Å². The summed E-state index contributed by atoms with van der Waals surface area (Å²) in [6.45, 7) is 3.57. The van der Waals surface area contributed by atoms with Crippen molar-refractivity contribution in [3.05, 3.63) is 47.1 Å². The van der Waals surface area contributed by atoms with Crippen molar-refractivity contribution in [2.75, 3.05) is 6.61 Å². The van der Waals surface area contributed by atoms with Gasteiger partial charge >= 0.3 is 17.9 Å². The highest BCUT2D eigenvalue weighted by molar-refractivity contribution is 6.18. The van der Waals surface area contributed by atoms with Gasteiger partial charge in [-0.3, -0.25) is 0 Å². The third-order valence-electron chi connectivity index (χ3n) is 5.05. The minimum absolute atomic E-state index is 0.0294. The highest BCUT2D eigenvalue weighted by Crippen LogP contribution is 2.38. The van der Waals surface area contributed by atoms with E-state index < -0.39 is 23.7 Å². The van der Waals surface area contributed by atoms with Crippen molar-refractivity contribution >= 4 is 24.0 Å². The summed E-state index contributed by atoms with van der Waals surface area (Å²) in [7, 11) is 0. The van der Waals surface area contributed by atoms with Crippen LogP contribution in [0.2, 0.25) is 0 Å². The van der Waals surface area contributed by atoms with E-state index in [2.05, 4.69) is 4.98 Å². The molecule has 0 amide bonds. The summed E-state index contributed by atoms with van der Waals surface area (Å²) < 4.78 is 21.2. The zero-order valence-corrected chi connectivity index (χ0v) is 16.7. The van der Waals surface area contributed by atoms with Gasteiger partial charge < -0.3 is 18.6 Å². The molecule has 0 radical (unpaired) electrons. The fourth-order valence-electron chi connectivity index (χ4n) is 3.65. The Labute approximate surface area is 172 Å². The second-order valence-electron chi connectivity index (χ2n) is 7.21. The predicted molar refractivity (Wildman–Crippen MR) is 104 cm³/mol. The van der Waals surface area contributed by atoms with Gasteiger partial charge in [0, 0.05) is 25.3 Å². The van der Waals surface area contributed by atoms with Crippen molar-refractivity contribution in [2.45, 2.75) is 45.3 Å². The first-order valence-electron chi connectivity index (χ1n) is 9.84. The molecule has 30 heavy (non-hydrogen) atoms. The number of rotatable bonds is 4. The molecule has 1 aromatic carbocycles. The largest absolute Gasteiger partial charge is 0.460 e.